The molecule has 1 aromatic rings. The molecule has 0 radical (unpaired) electrons. The van der Waals surface area contributed by atoms with Gasteiger partial charge in [-0.2, -0.15) is 0 Å². The van der Waals surface area contributed by atoms with Gasteiger partial charge in [0.15, 0.2) is 0 Å². The van der Waals surface area contributed by atoms with Crippen LogP contribution in [0.3, 0.4) is 0 Å². The zero-order valence-corrected chi connectivity index (χ0v) is 9.39. The summed E-state index contributed by atoms with van der Waals surface area (Å²) in [5.74, 6) is 0.341. The van der Waals surface area contributed by atoms with Gasteiger partial charge in [0, 0.05) is 0 Å². The van der Waals surface area contributed by atoms with Crippen molar-refractivity contribution < 1.29 is 5.11 Å². The number of halogens is 1. The maximum atomic E-state index is 9.42. The summed E-state index contributed by atoms with van der Waals surface area (Å²) in [6.45, 7) is 0.668. The van der Waals surface area contributed by atoms with E-state index in [-0.39, 0.29) is 12.4 Å². The number of hydrogen-bond acceptors (Lipinski definition) is 2. The Hall–Kier alpha value is -0.990. The molecule has 0 aromatic heterocycles. The highest BCUT2D eigenvalue weighted by Crippen LogP contribution is 2.30. The van der Waals surface area contributed by atoms with Crippen LogP contribution in [0.1, 0.15) is 24.0 Å². The van der Waals surface area contributed by atoms with Gasteiger partial charge in [0.2, 0.25) is 0 Å². The van der Waals surface area contributed by atoms with Gasteiger partial charge in [0.1, 0.15) is 5.75 Å². The molecule has 1 aliphatic carbocycles. The van der Waals surface area contributed by atoms with Gasteiger partial charge in [-0.15, -0.1) is 12.4 Å². The summed E-state index contributed by atoms with van der Waals surface area (Å²) in [4.78, 5) is 0. The van der Waals surface area contributed by atoms with E-state index in [1.807, 2.05) is 12.1 Å². The van der Waals surface area contributed by atoms with E-state index in [1.54, 1.807) is 6.07 Å². The fourth-order valence-corrected chi connectivity index (χ4v) is 1.99. The lowest BCUT2D eigenvalue weighted by molar-refractivity contribution is 0.475. The van der Waals surface area contributed by atoms with Crippen molar-refractivity contribution in [1.29, 1.82) is 0 Å². The largest absolute Gasteiger partial charge is 0.508 e. The average Bonchev–Trinajstić information content (AvgIpc) is 2.19. The van der Waals surface area contributed by atoms with Crippen molar-refractivity contribution in [1.82, 2.24) is 0 Å². The third-order valence-electron chi connectivity index (χ3n) is 2.66. The van der Waals surface area contributed by atoms with Crippen LogP contribution in [0.25, 0.3) is 5.57 Å². The topological polar surface area (TPSA) is 46.2 Å². The van der Waals surface area contributed by atoms with Gasteiger partial charge in [0.05, 0.1) is 0 Å². The van der Waals surface area contributed by atoms with Crippen LogP contribution >= 0.6 is 12.4 Å². The van der Waals surface area contributed by atoms with Gasteiger partial charge in [-0.05, 0) is 54.6 Å². The number of nitrogens with two attached hydrogens (primary N) is 1. The molecule has 0 unspecified atom stereocenters. The van der Waals surface area contributed by atoms with Crippen LogP contribution in [-0.2, 0) is 6.42 Å². The highest BCUT2D eigenvalue weighted by Gasteiger charge is 2.11. The van der Waals surface area contributed by atoms with Gasteiger partial charge in [0.25, 0.3) is 0 Å². The zero-order valence-electron chi connectivity index (χ0n) is 8.57. The Labute approximate surface area is 96.2 Å². The summed E-state index contributed by atoms with van der Waals surface area (Å²) in [6.07, 6.45) is 5.29. The minimum Gasteiger partial charge on any atom is -0.508 e. The zero-order chi connectivity index (χ0) is 9.97. The molecule has 0 spiro atoms. The Morgan fingerprint density at radius 2 is 2.13 bits per heavy atom. The molecule has 1 aromatic carbocycles. The van der Waals surface area contributed by atoms with Crippen LogP contribution in [-0.4, -0.2) is 11.7 Å². The molecular formula is C12H16ClNO. The molecule has 2 rings (SSSR count). The Bertz CT molecular complexity index is 374. The first kappa shape index (κ1) is 12.1. The first-order chi connectivity index (χ1) is 6.81. The number of rotatable bonds is 2. The highest BCUT2D eigenvalue weighted by atomic mass is 35.5. The van der Waals surface area contributed by atoms with Crippen molar-refractivity contribution in [2.24, 2.45) is 5.73 Å². The summed E-state index contributed by atoms with van der Waals surface area (Å²) in [5.41, 5.74) is 9.34. The van der Waals surface area contributed by atoms with E-state index in [0.29, 0.717) is 12.3 Å². The SMILES string of the molecule is Cl.NCCC1=CCCc2ccc(O)cc21. The number of allylic oxidation sites excluding steroid dienone is 1. The van der Waals surface area contributed by atoms with E-state index < -0.39 is 0 Å². The molecule has 1 aliphatic rings. The van der Waals surface area contributed by atoms with E-state index in [1.165, 1.54) is 16.7 Å². The predicted octanol–water partition coefficient (Wildman–Crippen LogP) is 2.49. The Morgan fingerprint density at radius 1 is 1.33 bits per heavy atom. The maximum absolute atomic E-state index is 9.42. The standard InChI is InChI=1S/C12H15NO.ClH/c13-7-6-10-3-1-2-9-4-5-11(14)8-12(9)10;/h3-5,8,14H,1-2,6-7,13H2;1H. The molecule has 0 amide bonds. The molecule has 0 saturated carbocycles. The van der Waals surface area contributed by atoms with Crippen LogP contribution in [0.15, 0.2) is 24.3 Å². The Balaban J connectivity index is 0.00000112. The molecular weight excluding hydrogens is 210 g/mol. The van der Waals surface area contributed by atoms with Gasteiger partial charge < -0.3 is 10.8 Å². The van der Waals surface area contributed by atoms with Gasteiger partial charge in [-0.25, -0.2) is 0 Å². The second-order valence-electron chi connectivity index (χ2n) is 3.65. The lowest BCUT2D eigenvalue weighted by atomic mass is 9.89. The number of phenolic OH excluding ortho intramolecular Hbond substituents is 1. The summed E-state index contributed by atoms with van der Waals surface area (Å²) >= 11 is 0. The third-order valence-corrected chi connectivity index (χ3v) is 2.66. The van der Waals surface area contributed by atoms with Crippen molar-refractivity contribution in [2.45, 2.75) is 19.3 Å². The van der Waals surface area contributed by atoms with Crippen LogP contribution in [0, 0.1) is 0 Å². The molecule has 0 saturated heterocycles. The van der Waals surface area contributed by atoms with Gasteiger partial charge >= 0.3 is 0 Å². The molecule has 0 bridgehead atoms. The quantitative estimate of drug-likeness (QED) is 0.813. The van der Waals surface area contributed by atoms with Crippen LogP contribution in [0.2, 0.25) is 0 Å². The minimum atomic E-state index is 0. The summed E-state index contributed by atoms with van der Waals surface area (Å²) in [7, 11) is 0. The monoisotopic (exact) mass is 225 g/mol. The number of aromatic hydroxyl groups is 1. The summed E-state index contributed by atoms with van der Waals surface area (Å²) < 4.78 is 0. The second-order valence-corrected chi connectivity index (χ2v) is 3.65. The van der Waals surface area contributed by atoms with Crippen LogP contribution < -0.4 is 5.73 Å². The fourth-order valence-electron chi connectivity index (χ4n) is 1.99. The molecule has 0 atom stereocenters. The molecule has 82 valence electrons. The number of fused-ring (bicyclic) bond motifs is 1. The molecule has 0 heterocycles. The molecule has 2 nitrogen and oxygen atoms in total. The second kappa shape index (κ2) is 5.19. The van der Waals surface area contributed by atoms with E-state index >= 15 is 0 Å². The van der Waals surface area contributed by atoms with Crippen molar-refractivity contribution in [3.8, 4) is 5.75 Å². The van der Waals surface area contributed by atoms with E-state index in [4.69, 9.17) is 5.73 Å². The lowest BCUT2D eigenvalue weighted by Gasteiger charge is -2.17. The maximum Gasteiger partial charge on any atom is 0.116 e. The number of benzene rings is 1. The first-order valence-corrected chi connectivity index (χ1v) is 5.02. The Morgan fingerprint density at radius 3 is 2.87 bits per heavy atom. The molecule has 15 heavy (non-hydrogen) atoms. The number of phenols is 1. The summed E-state index contributed by atoms with van der Waals surface area (Å²) in [6, 6.07) is 5.61. The fraction of sp³-hybridized carbons (Fsp3) is 0.333. The van der Waals surface area contributed by atoms with Gasteiger partial charge in [-0.3, -0.25) is 0 Å². The highest BCUT2D eigenvalue weighted by molar-refractivity contribution is 5.85. The number of hydrogen-bond donors (Lipinski definition) is 2. The third kappa shape index (κ3) is 2.52. The van der Waals surface area contributed by atoms with Gasteiger partial charge in [-0.1, -0.05) is 12.1 Å². The van der Waals surface area contributed by atoms with Crippen molar-refractivity contribution in [3.63, 3.8) is 0 Å². The minimum absolute atomic E-state index is 0. The van der Waals surface area contributed by atoms with Crippen LogP contribution in [0.5, 0.6) is 5.75 Å². The normalized spacial score (nSPS) is 13.8. The summed E-state index contributed by atoms with van der Waals surface area (Å²) in [5, 5.41) is 9.42. The van der Waals surface area contributed by atoms with Crippen molar-refractivity contribution >= 4 is 18.0 Å². The lowest BCUT2D eigenvalue weighted by Crippen LogP contribution is -2.05. The molecule has 0 fully saturated rings. The molecule has 3 heteroatoms. The van der Waals surface area contributed by atoms with Crippen molar-refractivity contribution in [3.05, 3.63) is 35.4 Å². The molecule has 0 aliphatic heterocycles. The van der Waals surface area contributed by atoms with E-state index in [0.717, 1.165) is 19.3 Å². The van der Waals surface area contributed by atoms with Crippen molar-refractivity contribution in [2.75, 3.05) is 6.54 Å². The Kier molecular flexibility index (Phi) is 4.18. The number of aryl methyl sites for hydroxylation is 1. The average molecular weight is 226 g/mol. The van der Waals surface area contributed by atoms with E-state index in [2.05, 4.69) is 6.08 Å². The molecule has 3 N–H and O–H groups in total. The van der Waals surface area contributed by atoms with E-state index in [9.17, 15) is 5.11 Å². The van der Waals surface area contributed by atoms with Crippen LogP contribution in [0.4, 0.5) is 0 Å². The predicted molar refractivity (Wildman–Crippen MR) is 65.3 cm³/mol. The smallest absolute Gasteiger partial charge is 0.116 e. The first-order valence-electron chi connectivity index (χ1n) is 5.02.